The van der Waals surface area contributed by atoms with E-state index in [0.29, 0.717) is 10.6 Å². The molecule has 0 aliphatic rings. The molecule has 3 amide bonds. The van der Waals surface area contributed by atoms with Gasteiger partial charge >= 0.3 is 0 Å². The number of amides is 3. The lowest BCUT2D eigenvalue weighted by Crippen LogP contribution is -2.54. The fourth-order valence-electron chi connectivity index (χ4n) is 2.08. The summed E-state index contributed by atoms with van der Waals surface area (Å²) in [7, 11) is 0. The number of rotatable bonds is 7. The lowest BCUT2D eigenvalue weighted by molar-refractivity contribution is -0.131. The van der Waals surface area contributed by atoms with Crippen LogP contribution in [0.5, 0.6) is 5.75 Å². The highest BCUT2D eigenvalue weighted by Crippen LogP contribution is 2.11. The first kappa shape index (κ1) is 20.4. The van der Waals surface area contributed by atoms with E-state index < -0.39 is 23.7 Å². The van der Waals surface area contributed by atoms with Crippen LogP contribution in [0.25, 0.3) is 0 Å². The minimum absolute atomic E-state index is 0.193. The third-order valence-electron chi connectivity index (χ3n) is 3.49. The summed E-state index contributed by atoms with van der Waals surface area (Å²) in [6.45, 7) is 3.19. The van der Waals surface area contributed by atoms with E-state index in [0.717, 1.165) is 0 Å². The Labute approximate surface area is 159 Å². The lowest BCUT2D eigenvalue weighted by atomic mass is 10.0. The van der Waals surface area contributed by atoms with Gasteiger partial charge in [-0.1, -0.05) is 19.9 Å². The van der Waals surface area contributed by atoms with Crippen molar-refractivity contribution >= 4 is 29.1 Å². The molecule has 27 heavy (non-hydrogen) atoms. The molecular weight excluding hydrogens is 373 g/mol. The van der Waals surface area contributed by atoms with Crippen LogP contribution in [0.15, 0.2) is 41.8 Å². The number of hydrazine groups is 1. The predicted octanol–water partition coefficient (Wildman–Crippen LogP) is 1.87. The van der Waals surface area contributed by atoms with E-state index in [9.17, 15) is 18.8 Å². The standard InChI is InChI=1S/C18H20FN3O4S/c1-11(2)16(20-17(24)14-4-3-9-27-14)18(25)22-21-15(23)10-26-13-7-5-12(19)6-8-13/h3-9,11,16H,10H2,1-2H3,(H,20,24)(H,21,23)(H,22,25)/t16-/m1/s1. The number of carbonyl (C=O) groups is 3. The van der Waals surface area contributed by atoms with E-state index in [4.69, 9.17) is 4.74 Å². The number of halogens is 1. The van der Waals surface area contributed by atoms with Gasteiger partial charge in [-0.15, -0.1) is 11.3 Å². The Balaban J connectivity index is 1.81. The van der Waals surface area contributed by atoms with Crippen LogP contribution in [0.3, 0.4) is 0 Å². The van der Waals surface area contributed by atoms with Crippen LogP contribution < -0.4 is 20.9 Å². The Morgan fingerprint density at radius 3 is 2.41 bits per heavy atom. The number of hydrogen-bond acceptors (Lipinski definition) is 5. The number of nitrogens with one attached hydrogen (secondary N) is 3. The molecule has 0 fully saturated rings. The average Bonchev–Trinajstić information content (AvgIpc) is 3.18. The van der Waals surface area contributed by atoms with Crippen LogP contribution >= 0.6 is 11.3 Å². The van der Waals surface area contributed by atoms with Crippen LogP contribution in [0.2, 0.25) is 0 Å². The molecule has 0 saturated heterocycles. The monoisotopic (exact) mass is 393 g/mol. The molecule has 0 aliphatic carbocycles. The second-order valence-corrected chi connectivity index (χ2v) is 6.90. The van der Waals surface area contributed by atoms with E-state index >= 15 is 0 Å². The van der Waals surface area contributed by atoms with Crippen molar-refractivity contribution < 1.29 is 23.5 Å². The summed E-state index contributed by atoms with van der Waals surface area (Å²) in [5.74, 6) is -1.79. The highest BCUT2D eigenvalue weighted by molar-refractivity contribution is 7.12. The Kier molecular flexibility index (Phi) is 7.30. The summed E-state index contributed by atoms with van der Waals surface area (Å²) >= 11 is 1.27. The van der Waals surface area contributed by atoms with E-state index in [1.54, 1.807) is 31.4 Å². The molecule has 1 atom stereocenters. The number of carbonyl (C=O) groups excluding carboxylic acids is 3. The number of thiophene rings is 1. The van der Waals surface area contributed by atoms with E-state index in [-0.39, 0.29) is 18.4 Å². The summed E-state index contributed by atoms with van der Waals surface area (Å²) in [4.78, 5) is 36.7. The Morgan fingerprint density at radius 1 is 1.11 bits per heavy atom. The molecule has 0 unspecified atom stereocenters. The van der Waals surface area contributed by atoms with Gasteiger partial charge in [0.15, 0.2) is 6.61 Å². The molecular formula is C18H20FN3O4S. The van der Waals surface area contributed by atoms with Gasteiger partial charge in [0.1, 0.15) is 17.6 Å². The molecule has 0 saturated carbocycles. The average molecular weight is 393 g/mol. The van der Waals surface area contributed by atoms with Crippen molar-refractivity contribution in [3.05, 3.63) is 52.5 Å². The molecule has 0 bridgehead atoms. The first-order valence-electron chi connectivity index (χ1n) is 8.18. The molecule has 0 spiro atoms. The second-order valence-electron chi connectivity index (χ2n) is 5.95. The first-order valence-corrected chi connectivity index (χ1v) is 9.06. The molecule has 2 aromatic rings. The largest absolute Gasteiger partial charge is 0.484 e. The smallest absolute Gasteiger partial charge is 0.276 e. The van der Waals surface area contributed by atoms with Gasteiger partial charge in [0, 0.05) is 0 Å². The van der Waals surface area contributed by atoms with E-state index in [2.05, 4.69) is 16.2 Å². The van der Waals surface area contributed by atoms with Gasteiger partial charge in [0.25, 0.3) is 17.7 Å². The highest BCUT2D eigenvalue weighted by Gasteiger charge is 2.25. The van der Waals surface area contributed by atoms with Crippen LogP contribution in [-0.2, 0) is 9.59 Å². The zero-order valence-electron chi connectivity index (χ0n) is 14.8. The van der Waals surface area contributed by atoms with Crippen molar-refractivity contribution in [1.82, 2.24) is 16.2 Å². The molecule has 1 heterocycles. The molecule has 0 aliphatic heterocycles. The topological polar surface area (TPSA) is 96.5 Å². The maximum absolute atomic E-state index is 12.8. The Morgan fingerprint density at radius 2 is 1.81 bits per heavy atom. The predicted molar refractivity (Wildman–Crippen MR) is 98.6 cm³/mol. The van der Waals surface area contributed by atoms with Crippen molar-refractivity contribution in [2.24, 2.45) is 5.92 Å². The second kappa shape index (κ2) is 9.67. The van der Waals surface area contributed by atoms with Gasteiger partial charge in [-0.05, 0) is 41.6 Å². The molecule has 0 radical (unpaired) electrons. The third-order valence-corrected chi connectivity index (χ3v) is 4.36. The number of hydrogen-bond donors (Lipinski definition) is 3. The van der Waals surface area contributed by atoms with Gasteiger partial charge in [-0.3, -0.25) is 25.2 Å². The molecule has 2 rings (SSSR count). The van der Waals surface area contributed by atoms with Crippen LogP contribution in [0, 0.1) is 11.7 Å². The van der Waals surface area contributed by atoms with E-state index in [1.165, 1.54) is 35.6 Å². The summed E-state index contributed by atoms with van der Waals surface area (Å²) in [6.07, 6.45) is 0. The van der Waals surface area contributed by atoms with Crippen LogP contribution in [0.1, 0.15) is 23.5 Å². The molecule has 1 aromatic heterocycles. The molecule has 9 heteroatoms. The summed E-state index contributed by atoms with van der Waals surface area (Å²) in [5, 5.41) is 4.41. The van der Waals surface area contributed by atoms with Gasteiger partial charge < -0.3 is 10.1 Å². The normalized spacial score (nSPS) is 11.6. The Bertz CT molecular complexity index is 778. The maximum Gasteiger partial charge on any atom is 0.276 e. The quantitative estimate of drug-likeness (QED) is 0.626. The maximum atomic E-state index is 12.8. The van der Waals surface area contributed by atoms with Gasteiger partial charge in [-0.2, -0.15) is 0 Å². The highest BCUT2D eigenvalue weighted by atomic mass is 32.1. The van der Waals surface area contributed by atoms with Crippen molar-refractivity contribution in [1.29, 1.82) is 0 Å². The third kappa shape index (κ3) is 6.37. The minimum atomic E-state index is -0.821. The van der Waals surface area contributed by atoms with Gasteiger partial charge in [0.2, 0.25) is 0 Å². The summed E-state index contributed by atoms with van der Waals surface area (Å²) < 4.78 is 18.0. The fourth-order valence-corrected chi connectivity index (χ4v) is 2.71. The zero-order valence-corrected chi connectivity index (χ0v) is 15.6. The van der Waals surface area contributed by atoms with Crippen molar-refractivity contribution in [3.63, 3.8) is 0 Å². The first-order chi connectivity index (χ1) is 12.9. The fraction of sp³-hybridized carbons (Fsp3) is 0.278. The summed E-state index contributed by atoms with van der Waals surface area (Å²) in [6, 6.07) is 7.76. The van der Waals surface area contributed by atoms with Gasteiger partial charge in [-0.25, -0.2) is 4.39 Å². The molecule has 144 valence electrons. The molecule has 3 N–H and O–H groups in total. The Hall–Kier alpha value is -2.94. The minimum Gasteiger partial charge on any atom is -0.484 e. The van der Waals surface area contributed by atoms with Crippen molar-refractivity contribution in [2.45, 2.75) is 19.9 Å². The van der Waals surface area contributed by atoms with Crippen LogP contribution in [-0.4, -0.2) is 30.4 Å². The lowest BCUT2D eigenvalue weighted by Gasteiger charge is -2.21. The molecule has 7 nitrogen and oxygen atoms in total. The van der Waals surface area contributed by atoms with E-state index in [1.807, 2.05) is 0 Å². The SMILES string of the molecule is CC(C)[C@@H](NC(=O)c1cccs1)C(=O)NNC(=O)COc1ccc(F)cc1. The zero-order chi connectivity index (χ0) is 19.8. The summed E-state index contributed by atoms with van der Waals surface area (Å²) in [5.41, 5.74) is 4.49. The number of benzene rings is 1. The molecule has 1 aromatic carbocycles. The van der Waals surface area contributed by atoms with Crippen molar-refractivity contribution in [3.8, 4) is 5.75 Å². The van der Waals surface area contributed by atoms with Crippen LogP contribution in [0.4, 0.5) is 4.39 Å². The van der Waals surface area contributed by atoms with Crippen molar-refractivity contribution in [2.75, 3.05) is 6.61 Å². The van der Waals surface area contributed by atoms with Gasteiger partial charge in [0.05, 0.1) is 4.88 Å². The number of ether oxygens (including phenoxy) is 1.